The van der Waals surface area contributed by atoms with E-state index >= 15 is 0 Å². The lowest BCUT2D eigenvalue weighted by molar-refractivity contribution is 0.101. The van der Waals surface area contributed by atoms with E-state index in [9.17, 15) is 4.79 Å². The van der Waals surface area contributed by atoms with Gasteiger partial charge in [-0.15, -0.1) is 0 Å². The highest BCUT2D eigenvalue weighted by molar-refractivity contribution is 9.09. The minimum Gasteiger partial charge on any atom is -0.291 e. The van der Waals surface area contributed by atoms with E-state index < -0.39 is 0 Å². The van der Waals surface area contributed by atoms with Gasteiger partial charge in [0, 0.05) is 0 Å². The Kier molecular flexibility index (Phi) is 3.59. The number of nitrogens with zero attached hydrogens (tertiary/aromatic N) is 2. The number of carbonyl (C=O) groups excluding carboxylic acids is 1. The first kappa shape index (κ1) is 9.87. The van der Waals surface area contributed by atoms with E-state index in [-0.39, 0.29) is 17.5 Å². The van der Waals surface area contributed by atoms with Crippen molar-refractivity contribution >= 4 is 21.7 Å². The van der Waals surface area contributed by atoms with Crippen LogP contribution in [0.25, 0.3) is 0 Å². The Balaban J connectivity index is 2.93. The second kappa shape index (κ2) is 4.73. The summed E-state index contributed by atoms with van der Waals surface area (Å²) >= 11 is 3.06. The number of aromatic nitrogens is 1. The number of nitriles is 1. The normalized spacial score (nSPS) is 9.23. The molecular weight excluding hydrogens is 232 g/mol. The highest BCUT2D eigenvalue weighted by atomic mass is 79.9. The molecule has 0 unspecified atom stereocenters. The van der Waals surface area contributed by atoms with Crippen LogP contribution in [0.15, 0.2) is 18.2 Å². The topological polar surface area (TPSA) is 53.8 Å². The maximum absolute atomic E-state index is 11.2. The summed E-state index contributed by atoms with van der Waals surface area (Å²) in [5.41, 5.74) is 1.04. The number of carbonyl (C=O) groups is 1. The predicted octanol–water partition coefficient (Wildman–Crippen LogP) is 1.73. The SMILES string of the molecule is N#CCc1cccc(C(=O)CBr)n1. The third-order valence-corrected chi connectivity index (χ3v) is 1.98. The van der Waals surface area contributed by atoms with E-state index in [1.807, 2.05) is 6.07 Å². The van der Waals surface area contributed by atoms with Gasteiger partial charge in [-0.3, -0.25) is 4.79 Å². The van der Waals surface area contributed by atoms with Gasteiger partial charge in [-0.2, -0.15) is 5.26 Å². The summed E-state index contributed by atoms with van der Waals surface area (Å²) in [6, 6.07) is 7.09. The van der Waals surface area contributed by atoms with Crippen molar-refractivity contribution in [3.63, 3.8) is 0 Å². The smallest absolute Gasteiger partial charge is 0.191 e. The summed E-state index contributed by atoms with van der Waals surface area (Å²) in [6.07, 6.45) is 0.239. The number of Topliss-reactive ketones (excluding diaryl/α,β-unsaturated/α-hetero) is 1. The van der Waals surface area contributed by atoms with Gasteiger partial charge in [0.2, 0.25) is 0 Å². The number of alkyl halides is 1. The standard InChI is InChI=1S/C9H7BrN2O/c10-6-9(13)8-3-1-2-7(12-8)4-5-11/h1-3H,4,6H2. The van der Waals surface area contributed by atoms with Crippen molar-refractivity contribution in [3.05, 3.63) is 29.6 Å². The van der Waals surface area contributed by atoms with E-state index in [1.54, 1.807) is 18.2 Å². The molecule has 1 rings (SSSR count). The van der Waals surface area contributed by atoms with Crippen LogP contribution in [0.1, 0.15) is 16.2 Å². The molecular formula is C9H7BrN2O. The number of halogens is 1. The quantitative estimate of drug-likeness (QED) is 0.596. The fourth-order valence-electron chi connectivity index (χ4n) is 0.883. The minimum atomic E-state index is -0.0696. The van der Waals surface area contributed by atoms with Crippen LogP contribution < -0.4 is 0 Å². The second-order valence-corrected chi connectivity index (χ2v) is 2.97. The molecule has 1 heterocycles. The zero-order valence-corrected chi connectivity index (χ0v) is 8.41. The summed E-state index contributed by atoms with van der Waals surface area (Å²) in [5, 5.41) is 8.68. The van der Waals surface area contributed by atoms with Gasteiger partial charge in [0.1, 0.15) is 5.69 Å². The van der Waals surface area contributed by atoms with E-state index in [4.69, 9.17) is 5.26 Å². The van der Waals surface area contributed by atoms with Gasteiger partial charge in [-0.25, -0.2) is 4.98 Å². The molecule has 0 saturated carbocycles. The number of ketones is 1. The predicted molar refractivity (Wildman–Crippen MR) is 51.7 cm³/mol. The molecule has 0 fully saturated rings. The van der Waals surface area contributed by atoms with Crippen LogP contribution in [-0.2, 0) is 6.42 Å². The number of pyridine rings is 1. The van der Waals surface area contributed by atoms with Crippen molar-refractivity contribution in [2.45, 2.75) is 6.42 Å². The molecule has 0 amide bonds. The van der Waals surface area contributed by atoms with Crippen molar-refractivity contribution in [1.29, 1.82) is 5.26 Å². The maximum Gasteiger partial charge on any atom is 0.191 e. The molecule has 0 radical (unpaired) electrons. The summed E-state index contributed by atoms with van der Waals surface area (Å²) < 4.78 is 0. The monoisotopic (exact) mass is 238 g/mol. The molecule has 66 valence electrons. The van der Waals surface area contributed by atoms with Gasteiger partial charge in [-0.1, -0.05) is 22.0 Å². The molecule has 1 aromatic rings. The van der Waals surface area contributed by atoms with Crippen molar-refractivity contribution in [1.82, 2.24) is 4.98 Å². The van der Waals surface area contributed by atoms with Gasteiger partial charge < -0.3 is 0 Å². The Morgan fingerprint density at radius 1 is 1.62 bits per heavy atom. The van der Waals surface area contributed by atoms with Crippen LogP contribution in [-0.4, -0.2) is 16.1 Å². The third kappa shape index (κ3) is 2.63. The number of hydrogen-bond donors (Lipinski definition) is 0. The zero-order valence-electron chi connectivity index (χ0n) is 6.83. The van der Waals surface area contributed by atoms with Gasteiger partial charge in [0.15, 0.2) is 5.78 Å². The van der Waals surface area contributed by atoms with E-state index in [1.165, 1.54) is 0 Å². The Morgan fingerprint density at radius 2 is 2.38 bits per heavy atom. The molecule has 13 heavy (non-hydrogen) atoms. The minimum absolute atomic E-state index is 0.0696. The molecule has 0 bridgehead atoms. The number of hydrogen-bond acceptors (Lipinski definition) is 3. The second-order valence-electron chi connectivity index (χ2n) is 2.41. The zero-order chi connectivity index (χ0) is 9.68. The molecule has 4 heteroatoms. The molecule has 1 aromatic heterocycles. The fourth-order valence-corrected chi connectivity index (χ4v) is 1.17. The third-order valence-electron chi connectivity index (χ3n) is 1.47. The van der Waals surface area contributed by atoms with Gasteiger partial charge >= 0.3 is 0 Å². The highest BCUT2D eigenvalue weighted by Crippen LogP contribution is 2.02. The van der Waals surface area contributed by atoms with Crippen molar-refractivity contribution in [2.24, 2.45) is 0 Å². The van der Waals surface area contributed by atoms with E-state index in [0.717, 1.165) is 0 Å². The fraction of sp³-hybridized carbons (Fsp3) is 0.222. The summed E-state index contributed by atoms with van der Waals surface area (Å²) in [4.78, 5) is 15.2. The van der Waals surface area contributed by atoms with Crippen LogP contribution in [0.5, 0.6) is 0 Å². The van der Waals surface area contributed by atoms with Crippen LogP contribution >= 0.6 is 15.9 Å². The first-order valence-corrected chi connectivity index (χ1v) is 4.82. The lowest BCUT2D eigenvalue weighted by Crippen LogP contribution is -2.04. The summed E-state index contributed by atoms with van der Waals surface area (Å²) in [7, 11) is 0. The Hall–Kier alpha value is -1.21. The molecule has 0 aliphatic rings. The largest absolute Gasteiger partial charge is 0.291 e. The molecule has 0 saturated heterocycles. The Bertz CT molecular complexity index is 357. The van der Waals surface area contributed by atoms with E-state index in [0.29, 0.717) is 11.4 Å². The van der Waals surface area contributed by atoms with Crippen LogP contribution in [0, 0.1) is 11.3 Å². The average Bonchev–Trinajstić information content (AvgIpc) is 2.18. The highest BCUT2D eigenvalue weighted by Gasteiger charge is 2.05. The summed E-state index contributed by atoms with van der Waals surface area (Å²) in [6.45, 7) is 0. The molecule has 0 atom stereocenters. The molecule has 0 aliphatic carbocycles. The van der Waals surface area contributed by atoms with Crippen LogP contribution in [0.3, 0.4) is 0 Å². The first-order valence-electron chi connectivity index (χ1n) is 3.70. The van der Waals surface area contributed by atoms with Gasteiger partial charge in [0.25, 0.3) is 0 Å². The van der Waals surface area contributed by atoms with Crippen molar-refractivity contribution in [2.75, 3.05) is 5.33 Å². The molecule has 0 aromatic carbocycles. The van der Waals surface area contributed by atoms with Crippen LogP contribution in [0.4, 0.5) is 0 Å². The Labute approximate surface area is 84.5 Å². The van der Waals surface area contributed by atoms with Gasteiger partial charge in [0.05, 0.1) is 23.5 Å². The first-order chi connectivity index (χ1) is 6.27. The molecule has 0 spiro atoms. The van der Waals surface area contributed by atoms with Crippen molar-refractivity contribution < 1.29 is 4.79 Å². The van der Waals surface area contributed by atoms with E-state index in [2.05, 4.69) is 20.9 Å². The van der Waals surface area contributed by atoms with Crippen molar-refractivity contribution in [3.8, 4) is 6.07 Å². The lowest BCUT2D eigenvalue weighted by Gasteiger charge is -1.97. The molecule has 3 nitrogen and oxygen atoms in total. The van der Waals surface area contributed by atoms with Crippen LogP contribution in [0.2, 0.25) is 0 Å². The van der Waals surface area contributed by atoms with Gasteiger partial charge in [-0.05, 0) is 12.1 Å². The number of rotatable bonds is 3. The summed E-state index contributed by atoms with van der Waals surface area (Å²) in [5.74, 6) is -0.0696. The maximum atomic E-state index is 11.2. The molecule has 0 N–H and O–H groups in total. The Morgan fingerprint density at radius 3 is 3.00 bits per heavy atom. The lowest BCUT2D eigenvalue weighted by atomic mass is 10.2. The molecule has 0 aliphatic heterocycles. The average molecular weight is 239 g/mol.